The van der Waals surface area contributed by atoms with Crippen molar-refractivity contribution in [1.82, 2.24) is 5.43 Å². The lowest BCUT2D eigenvalue weighted by Crippen LogP contribution is -2.19. The molecular formula is C23H16ClN3O4. The molecule has 0 spiro atoms. The number of hydrogen-bond donors (Lipinski definition) is 1. The van der Waals surface area contributed by atoms with Gasteiger partial charge in [-0.15, -0.1) is 0 Å². The van der Waals surface area contributed by atoms with Gasteiger partial charge in [-0.3, -0.25) is 14.9 Å². The van der Waals surface area contributed by atoms with Crippen LogP contribution < -0.4 is 5.43 Å². The van der Waals surface area contributed by atoms with Crippen molar-refractivity contribution < 1.29 is 14.1 Å². The van der Waals surface area contributed by atoms with Crippen molar-refractivity contribution >= 4 is 40.2 Å². The highest BCUT2D eigenvalue weighted by molar-refractivity contribution is 6.32. The number of rotatable bonds is 6. The van der Waals surface area contributed by atoms with Crippen molar-refractivity contribution in [1.29, 1.82) is 0 Å². The highest BCUT2D eigenvalue weighted by atomic mass is 35.5. The first-order valence-corrected chi connectivity index (χ1v) is 9.72. The second kappa shape index (κ2) is 8.81. The quantitative estimate of drug-likeness (QED) is 0.251. The molecule has 31 heavy (non-hydrogen) atoms. The maximum absolute atomic E-state index is 12.3. The maximum atomic E-state index is 12.3. The highest BCUT2D eigenvalue weighted by Crippen LogP contribution is 2.31. The number of hydrogen-bond acceptors (Lipinski definition) is 5. The predicted molar refractivity (Wildman–Crippen MR) is 119 cm³/mol. The Kier molecular flexibility index (Phi) is 5.77. The van der Waals surface area contributed by atoms with Gasteiger partial charge in [-0.2, -0.15) is 5.10 Å². The number of carbonyl (C=O) groups excluding carboxylic acids is 1. The van der Waals surface area contributed by atoms with Gasteiger partial charge in [-0.1, -0.05) is 54.1 Å². The molecule has 1 N–H and O–H groups in total. The molecule has 4 rings (SSSR count). The van der Waals surface area contributed by atoms with E-state index in [0.29, 0.717) is 17.1 Å². The van der Waals surface area contributed by atoms with Crippen LogP contribution in [0.15, 0.2) is 82.3 Å². The summed E-state index contributed by atoms with van der Waals surface area (Å²) in [6.07, 6.45) is 1.56. The summed E-state index contributed by atoms with van der Waals surface area (Å²) >= 11 is 5.84. The largest absolute Gasteiger partial charge is 0.455 e. The zero-order valence-electron chi connectivity index (χ0n) is 16.1. The number of furan rings is 1. The molecule has 1 heterocycles. The second-order valence-electron chi connectivity index (χ2n) is 6.73. The number of carbonyl (C=O) groups is 1. The Bertz CT molecular complexity index is 1310. The van der Waals surface area contributed by atoms with Crippen LogP contribution in [0.4, 0.5) is 5.69 Å². The third-order valence-electron chi connectivity index (χ3n) is 4.67. The summed E-state index contributed by atoms with van der Waals surface area (Å²) < 4.78 is 5.64. The topological polar surface area (TPSA) is 97.7 Å². The van der Waals surface area contributed by atoms with Gasteiger partial charge in [0, 0.05) is 11.6 Å². The van der Waals surface area contributed by atoms with E-state index in [1.807, 2.05) is 42.5 Å². The van der Waals surface area contributed by atoms with Crippen LogP contribution in [-0.4, -0.2) is 17.0 Å². The summed E-state index contributed by atoms with van der Waals surface area (Å²) in [5, 5.41) is 17.1. The predicted octanol–water partition coefficient (Wildman–Crippen LogP) is 5.35. The zero-order valence-corrected chi connectivity index (χ0v) is 16.9. The number of benzene rings is 3. The van der Waals surface area contributed by atoms with E-state index in [4.69, 9.17) is 16.0 Å². The Morgan fingerprint density at radius 2 is 1.90 bits per heavy atom. The van der Waals surface area contributed by atoms with Gasteiger partial charge in [0.05, 0.1) is 17.6 Å². The van der Waals surface area contributed by atoms with Crippen molar-refractivity contribution in [3.8, 4) is 11.3 Å². The molecule has 4 aromatic rings. The molecule has 7 nitrogen and oxygen atoms in total. The summed E-state index contributed by atoms with van der Waals surface area (Å²) in [6, 6.07) is 21.4. The number of halogens is 1. The first kappa shape index (κ1) is 20.3. The third-order valence-corrected chi connectivity index (χ3v) is 4.99. The van der Waals surface area contributed by atoms with E-state index in [2.05, 4.69) is 10.5 Å². The maximum Gasteiger partial charge on any atom is 0.288 e. The van der Waals surface area contributed by atoms with Gasteiger partial charge in [0.2, 0.25) is 5.91 Å². The highest BCUT2D eigenvalue weighted by Gasteiger charge is 2.15. The van der Waals surface area contributed by atoms with Gasteiger partial charge in [-0.05, 0) is 40.6 Å². The van der Waals surface area contributed by atoms with Crippen molar-refractivity contribution in [2.75, 3.05) is 0 Å². The van der Waals surface area contributed by atoms with E-state index in [9.17, 15) is 14.9 Å². The van der Waals surface area contributed by atoms with Gasteiger partial charge < -0.3 is 4.42 Å². The van der Waals surface area contributed by atoms with Crippen molar-refractivity contribution in [2.24, 2.45) is 5.10 Å². The molecule has 8 heteroatoms. The monoisotopic (exact) mass is 433 g/mol. The van der Waals surface area contributed by atoms with E-state index in [1.165, 1.54) is 18.3 Å². The Labute approximate surface area is 182 Å². The average Bonchev–Trinajstić information content (AvgIpc) is 3.23. The molecule has 0 unspecified atom stereocenters. The molecular weight excluding hydrogens is 418 g/mol. The van der Waals surface area contributed by atoms with Gasteiger partial charge in [-0.25, -0.2) is 5.43 Å². The first-order valence-electron chi connectivity index (χ1n) is 9.34. The summed E-state index contributed by atoms with van der Waals surface area (Å²) in [6.45, 7) is 0. The lowest BCUT2D eigenvalue weighted by Gasteiger charge is -2.05. The first-order chi connectivity index (χ1) is 15.0. The number of nitro benzene ring substituents is 1. The average molecular weight is 434 g/mol. The number of nitrogens with zero attached hydrogens (tertiary/aromatic N) is 2. The Balaban J connectivity index is 1.42. The van der Waals surface area contributed by atoms with Crippen LogP contribution >= 0.6 is 11.6 Å². The fourth-order valence-corrected chi connectivity index (χ4v) is 3.40. The number of fused-ring (bicyclic) bond motifs is 1. The molecule has 0 radical (unpaired) electrons. The molecule has 1 aromatic heterocycles. The molecule has 3 aromatic carbocycles. The molecule has 0 fully saturated rings. The fourth-order valence-electron chi connectivity index (χ4n) is 3.21. The van der Waals surface area contributed by atoms with Crippen LogP contribution in [-0.2, 0) is 11.2 Å². The molecule has 0 atom stereocenters. The summed E-state index contributed by atoms with van der Waals surface area (Å²) in [5.74, 6) is 0.550. The van der Waals surface area contributed by atoms with Gasteiger partial charge in [0.1, 0.15) is 16.5 Å². The van der Waals surface area contributed by atoms with Crippen molar-refractivity contribution in [2.45, 2.75) is 6.42 Å². The number of nitrogens with one attached hydrogen (secondary N) is 1. The lowest BCUT2D eigenvalue weighted by molar-refractivity contribution is -0.384. The van der Waals surface area contributed by atoms with E-state index < -0.39 is 4.92 Å². The number of nitro groups is 1. The molecule has 0 saturated carbocycles. The Morgan fingerprint density at radius 3 is 2.74 bits per heavy atom. The molecule has 0 bridgehead atoms. The molecule has 154 valence electrons. The molecule has 0 aliphatic heterocycles. The zero-order chi connectivity index (χ0) is 21.8. The number of hydrazone groups is 1. The Morgan fingerprint density at radius 1 is 1.10 bits per heavy atom. The standard InChI is InChI=1S/C23H16ClN3O4/c24-20-10-8-17(12-21(20)27(29)30)22-11-9-18(31-22)14-25-26-23(28)13-16-6-3-5-15-4-1-2-7-19(15)16/h1-12,14H,13H2,(H,26,28)/b25-14-. The minimum absolute atomic E-state index is 0.0519. The van der Waals surface area contributed by atoms with Crippen molar-refractivity contribution in [3.63, 3.8) is 0 Å². The minimum atomic E-state index is -0.553. The van der Waals surface area contributed by atoms with Crippen LogP contribution in [0.2, 0.25) is 5.02 Å². The van der Waals surface area contributed by atoms with Gasteiger partial charge >= 0.3 is 0 Å². The second-order valence-corrected chi connectivity index (χ2v) is 7.14. The van der Waals surface area contributed by atoms with Crippen LogP contribution in [0.5, 0.6) is 0 Å². The van der Waals surface area contributed by atoms with Gasteiger partial charge in [0.25, 0.3) is 5.69 Å². The Hall–Kier alpha value is -3.97. The SMILES string of the molecule is O=C(Cc1cccc2ccccc12)N/N=C\c1ccc(-c2ccc(Cl)c([N+](=O)[O-])c2)o1. The van der Waals surface area contributed by atoms with E-state index in [1.54, 1.807) is 18.2 Å². The van der Waals surface area contributed by atoms with Crippen LogP contribution in [0.1, 0.15) is 11.3 Å². The van der Waals surface area contributed by atoms with Crippen molar-refractivity contribution in [3.05, 3.63) is 99.3 Å². The van der Waals surface area contributed by atoms with Crippen LogP contribution in [0, 0.1) is 10.1 Å². The summed E-state index contributed by atoms with van der Waals surface area (Å²) in [5.41, 5.74) is 3.71. The molecule has 0 aliphatic carbocycles. The van der Waals surface area contributed by atoms with E-state index in [0.717, 1.165) is 16.3 Å². The molecule has 0 aliphatic rings. The van der Waals surface area contributed by atoms with E-state index >= 15 is 0 Å². The minimum Gasteiger partial charge on any atom is -0.455 e. The summed E-state index contributed by atoms with van der Waals surface area (Å²) in [7, 11) is 0. The molecule has 0 saturated heterocycles. The molecule has 1 amide bonds. The fraction of sp³-hybridized carbons (Fsp3) is 0.0435. The van der Waals surface area contributed by atoms with Crippen LogP contribution in [0.3, 0.4) is 0 Å². The normalized spacial score (nSPS) is 11.1. The third kappa shape index (κ3) is 4.62. The van der Waals surface area contributed by atoms with E-state index in [-0.39, 0.29) is 23.0 Å². The smallest absolute Gasteiger partial charge is 0.288 e. The lowest BCUT2D eigenvalue weighted by atomic mass is 10.0. The summed E-state index contributed by atoms with van der Waals surface area (Å²) in [4.78, 5) is 22.8. The number of amides is 1. The van der Waals surface area contributed by atoms with Gasteiger partial charge in [0.15, 0.2) is 0 Å². The van der Waals surface area contributed by atoms with Crippen LogP contribution in [0.25, 0.3) is 22.1 Å².